The first-order chi connectivity index (χ1) is 10.4. The Balaban J connectivity index is 0.000000847. The largest absolute Gasteiger partial charge is 0.326 e. The lowest BCUT2D eigenvalue weighted by molar-refractivity contribution is 0.271. The van der Waals surface area contributed by atoms with Crippen LogP contribution in [-0.2, 0) is 10.0 Å². The first-order valence-electron chi connectivity index (χ1n) is 7.83. The highest BCUT2D eigenvalue weighted by molar-refractivity contribution is 7.88. The molecule has 1 fully saturated rings. The molecule has 0 N–H and O–H groups in total. The van der Waals surface area contributed by atoms with Gasteiger partial charge in [-0.1, -0.05) is 19.9 Å². The van der Waals surface area contributed by atoms with Gasteiger partial charge in [0.2, 0.25) is 10.0 Å². The van der Waals surface area contributed by atoms with Crippen molar-refractivity contribution in [3.8, 4) is 0 Å². The summed E-state index contributed by atoms with van der Waals surface area (Å²) in [6.07, 6.45) is 5.00. The van der Waals surface area contributed by atoms with Crippen LogP contribution in [0.5, 0.6) is 0 Å². The molecular weight excluding hydrogens is 298 g/mol. The van der Waals surface area contributed by atoms with Crippen molar-refractivity contribution in [2.75, 3.05) is 19.3 Å². The average molecular weight is 323 g/mol. The van der Waals surface area contributed by atoms with Crippen LogP contribution in [-0.4, -0.2) is 41.6 Å². The van der Waals surface area contributed by atoms with E-state index in [1.165, 1.54) is 11.8 Å². The molecule has 1 aliphatic heterocycles. The van der Waals surface area contributed by atoms with Crippen LogP contribution in [0.3, 0.4) is 0 Å². The van der Waals surface area contributed by atoms with Crippen LogP contribution in [0.25, 0.3) is 11.0 Å². The lowest BCUT2D eigenvalue weighted by Crippen LogP contribution is -2.39. The molecule has 2 heterocycles. The maximum absolute atomic E-state index is 11.7. The first kappa shape index (κ1) is 17.0. The first-order valence-corrected chi connectivity index (χ1v) is 9.68. The highest BCUT2D eigenvalue weighted by atomic mass is 32.2. The van der Waals surface area contributed by atoms with Crippen LogP contribution in [0.4, 0.5) is 0 Å². The SMILES string of the molecule is CC.Cc1ccc2ncn(C3CCCN(S(C)(=O)=O)C3)c2c1. The number of aromatic nitrogens is 2. The van der Waals surface area contributed by atoms with E-state index in [-0.39, 0.29) is 6.04 Å². The number of hydrogen-bond donors (Lipinski definition) is 0. The standard InChI is InChI=1S/C14H19N3O2S.C2H6/c1-11-5-6-13-14(8-11)17(10-15-13)12-4-3-7-16(9-12)20(2,18)19;1-2/h5-6,8,10,12H,3-4,7,9H2,1-2H3;1-2H3. The molecule has 1 aliphatic rings. The lowest BCUT2D eigenvalue weighted by atomic mass is 10.1. The fourth-order valence-corrected chi connectivity index (χ4v) is 3.78. The molecule has 2 aromatic rings. The molecule has 3 rings (SSSR count). The highest BCUT2D eigenvalue weighted by Gasteiger charge is 2.27. The van der Waals surface area contributed by atoms with E-state index in [1.807, 2.05) is 32.3 Å². The Labute approximate surface area is 133 Å². The second kappa shape index (κ2) is 6.79. The van der Waals surface area contributed by atoms with E-state index in [0.29, 0.717) is 13.1 Å². The molecule has 1 aromatic heterocycles. The monoisotopic (exact) mass is 323 g/mol. The lowest BCUT2D eigenvalue weighted by Gasteiger charge is -2.32. The summed E-state index contributed by atoms with van der Waals surface area (Å²) in [5.74, 6) is 0. The van der Waals surface area contributed by atoms with Crippen molar-refractivity contribution < 1.29 is 8.42 Å². The number of rotatable bonds is 2. The third kappa shape index (κ3) is 3.50. The molecule has 0 bridgehead atoms. The van der Waals surface area contributed by atoms with Crippen molar-refractivity contribution in [1.29, 1.82) is 0 Å². The Morgan fingerprint density at radius 1 is 1.27 bits per heavy atom. The van der Waals surface area contributed by atoms with E-state index >= 15 is 0 Å². The Morgan fingerprint density at radius 2 is 2.00 bits per heavy atom. The van der Waals surface area contributed by atoms with Gasteiger partial charge in [-0.25, -0.2) is 17.7 Å². The van der Waals surface area contributed by atoms with Crippen LogP contribution >= 0.6 is 0 Å². The van der Waals surface area contributed by atoms with Crippen molar-refractivity contribution in [3.05, 3.63) is 30.1 Å². The summed E-state index contributed by atoms with van der Waals surface area (Å²) in [6, 6.07) is 6.34. The maximum Gasteiger partial charge on any atom is 0.211 e. The zero-order valence-electron chi connectivity index (χ0n) is 13.8. The molecule has 5 nitrogen and oxygen atoms in total. The Bertz CT molecular complexity index is 737. The molecule has 0 radical (unpaired) electrons. The van der Waals surface area contributed by atoms with Crippen molar-refractivity contribution in [2.24, 2.45) is 0 Å². The molecule has 6 heteroatoms. The van der Waals surface area contributed by atoms with Crippen LogP contribution in [0.2, 0.25) is 0 Å². The number of benzene rings is 1. The van der Waals surface area contributed by atoms with Crippen LogP contribution in [0.1, 0.15) is 38.3 Å². The molecule has 1 unspecified atom stereocenters. The number of piperidine rings is 1. The summed E-state index contributed by atoms with van der Waals surface area (Å²) < 4.78 is 27.1. The number of fused-ring (bicyclic) bond motifs is 1. The maximum atomic E-state index is 11.7. The second-order valence-electron chi connectivity index (χ2n) is 5.56. The third-order valence-electron chi connectivity index (χ3n) is 3.95. The van der Waals surface area contributed by atoms with Crippen molar-refractivity contribution in [3.63, 3.8) is 0 Å². The fourth-order valence-electron chi connectivity index (χ4n) is 2.88. The van der Waals surface area contributed by atoms with E-state index in [4.69, 9.17) is 0 Å². The van der Waals surface area contributed by atoms with Gasteiger partial charge in [0.25, 0.3) is 0 Å². The predicted molar refractivity (Wildman–Crippen MR) is 90.5 cm³/mol. The Kier molecular flexibility index (Phi) is 5.24. The zero-order chi connectivity index (χ0) is 16.3. The minimum Gasteiger partial charge on any atom is -0.326 e. The molecule has 1 aromatic carbocycles. The summed E-state index contributed by atoms with van der Waals surface area (Å²) in [5, 5.41) is 0. The van der Waals surface area contributed by atoms with Gasteiger partial charge in [0.15, 0.2) is 0 Å². The average Bonchev–Trinajstić information content (AvgIpc) is 2.91. The second-order valence-corrected chi connectivity index (χ2v) is 7.54. The normalized spacial score (nSPS) is 19.7. The summed E-state index contributed by atoms with van der Waals surface area (Å²) in [6.45, 7) is 7.22. The number of nitrogens with zero attached hydrogens (tertiary/aromatic N) is 3. The van der Waals surface area contributed by atoms with Crippen LogP contribution in [0, 0.1) is 6.92 Å². The Morgan fingerprint density at radius 3 is 2.68 bits per heavy atom. The van der Waals surface area contributed by atoms with Gasteiger partial charge in [-0.2, -0.15) is 0 Å². The van der Waals surface area contributed by atoms with Gasteiger partial charge in [0.1, 0.15) is 0 Å². The molecular formula is C16H25N3O2S. The smallest absolute Gasteiger partial charge is 0.211 e. The highest BCUT2D eigenvalue weighted by Crippen LogP contribution is 2.27. The van der Waals surface area contributed by atoms with Gasteiger partial charge in [-0.15, -0.1) is 0 Å². The van der Waals surface area contributed by atoms with E-state index in [0.717, 1.165) is 23.9 Å². The van der Waals surface area contributed by atoms with Crippen LogP contribution in [0.15, 0.2) is 24.5 Å². The molecule has 22 heavy (non-hydrogen) atoms. The van der Waals surface area contributed by atoms with Gasteiger partial charge in [0.05, 0.1) is 23.6 Å². The van der Waals surface area contributed by atoms with Crippen molar-refractivity contribution >= 4 is 21.1 Å². The number of aryl methyl sites for hydroxylation is 1. The molecule has 1 saturated heterocycles. The van der Waals surface area contributed by atoms with E-state index in [2.05, 4.69) is 22.5 Å². The van der Waals surface area contributed by atoms with Gasteiger partial charge < -0.3 is 4.57 Å². The minimum atomic E-state index is -3.11. The van der Waals surface area contributed by atoms with Gasteiger partial charge in [0, 0.05) is 19.1 Å². The molecule has 0 saturated carbocycles. The fraction of sp³-hybridized carbons (Fsp3) is 0.562. The van der Waals surface area contributed by atoms with Gasteiger partial charge in [-0.3, -0.25) is 0 Å². The molecule has 1 atom stereocenters. The zero-order valence-corrected chi connectivity index (χ0v) is 14.6. The summed E-state index contributed by atoms with van der Waals surface area (Å²) in [5.41, 5.74) is 3.24. The Hall–Kier alpha value is -1.40. The quantitative estimate of drug-likeness (QED) is 0.854. The number of imidazole rings is 1. The molecule has 122 valence electrons. The molecule has 0 aliphatic carbocycles. The minimum absolute atomic E-state index is 0.172. The van der Waals surface area contributed by atoms with Crippen molar-refractivity contribution in [2.45, 2.75) is 39.7 Å². The van der Waals surface area contributed by atoms with Gasteiger partial charge >= 0.3 is 0 Å². The van der Waals surface area contributed by atoms with E-state index in [1.54, 1.807) is 4.31 Å². The van der Waals surface area contributed by atoms with Crippen molar-refractivity contribution in [1.82, 2.24) is 13.9 Å². The third-order valence-corrected chi connectivity index (χ3v) is 5.22. The summed E-state index contributed by atoms with van der Waals surface area (Å²) in [4.78, 5) is 4.42. The van der Waals surface area contributed by atoms with Crippen LogP contribution < -0.4 is 0 Å². The topological polar surface area (TPSA) is 55.2 Å². The molecule has 0 spiro atoms. The molecule has 0 amide bonds. The van der Waals surface area contributed by atoms with E-state index in [9.17, 15) is 8.42 Å². The summed E-state index contributed by atoms with van der Waals surface area (Å²) in [7, 11) is -3.11. The number of sulfonamides is 1. The predicted octanol–water partition coefficient (Wildman–Crippen LogP) is 2.97. The van der Waals surface area contributed by atoms with E-state index < -0.39 is 10.0 Å². The summed E-state index contributed by atoms with van der Waals surface area (Å²) >= 11 is 0. The van der Waals surface area contributed by atoms with Gasteiger partial charge in [-0.05, 0) is 37.5 Å². The number of hydrogen-bond acceptors (Lipinski definition) is 3.